The maximum atomic E-state index is 12.6. The summed E-state index contributed by atoms with van der Waals surface area (Å²) < 4.78 is 12.5. The van der Waals surface area contributed by atoms with Crippen LogP contribution in [0.4, 0.5) is 5.69 Å². The third-order valence-electron chi connectivity index (χ3n) is 4.45. The predicted octanol–water partition coefficient (Wildman–Crippen LogP) is 5.66. The van der Waals surface area contributed by atoms with Crippen molar-refractivity contribution in [2.24, 2.45) is 5.92 Å². The Morgan fingerprint density at radius 1 is 1.12 bits per heavy atom. The van der Waals surface area contributed by atoms with Crippen molar-refractivity contribution >= 4 is 46.6 Å². The van der Waals surface area contributed by atoms with Gasteiger partial charge in [0.05, 0.1) is 30.7 Å². The van der Waals surface area contributed by atoms with Gasteiger partial charge in [-0.3, -0.25) is 4.79 Å². The molecule has 0 aliphatic heterocycles. The minimum Gasteiger partial charge on any atom is -0.497 e. The number of thioether (sulfide) groups is 1. The fourth-order valence-corrected chi connectivity index (χ4v) is 4.26. The van der Waals surface area contributed by atoms with E-state index in [2.05, 4.69) is 29.4 Å². The van der Waals surface area contributed by atoms with E-state index in [9.17, 15) is 4.79 Å². The highest BCUT2D eigenvalue weighted by Crippen LogP contribution is 2.33. The van der Waals surface area contributed by atoms with Crippen LogP contribution in [-0.4, -0.2) is 40.6 Å². The molecular formula is C22H24Cl2N4O3S. The number of benzene rings is 2. The number of hydrogen-bond acceptors (Lipinski definition) is 6. The van der Waals surface area contributed by atoms with Crippen LogP contribution in [0.25, 0.3) is 11.4 Å². The summed E-state index contributed by atoms with van der Waals surface area (Å²) in [6, 6.07) is 10.5. The first-order valence-corrected chi connectivity index (χ1v) is 11.6. The van der Waals surface area contributed by atoms with E-state index in [0.29, 0.717) is 50.7 Å². The van der Waals surface area contributed by atoms with E-state index in [1.54, 1.807) is 44.6 Å². The van der Waals surface area contributed by atoms with Gasteiger partial charge in [0.15, 0.2) is 11.0 Å². The Kier molecular flexibility index (Phi) is 8.28. The number of carbonyl (C=O) groups excluding carboxylic acids is 1. The molecule has 0 saturated carbocycles. The molecule has 0 aliphatic carbocycles. The first-order chi connectivity index (χ1) is 15.3. The van der Waals surface area contributed by atoms with E-state index in [1.807, 2.05) is 10.6 Å². The number of anilines is 1. The minimum atomic E-state index is -0.202. The second-order valence-corrected chi connectivity index (χ2v) is 9.12. The van der Waals surface area contributed by atoms with Crippen LogP contribution < -0.4 is 14.8 Å². The van der Waals surface area contributed by atoms with Gasteiger partial charge in [-0.15, -0.1) is 10.2 Å². The van der Waals surface area contributed by atoms with Crippen LogP contribution in [0.3, 0.4) is 0 Å². The van der Waals surface area contributed by atoms with Crippen molar-refractivity contribution in [2.75, 3.05) is 25.3 Å². The van der Waals surface area contributed by atoms with Gasteiger partial charge >= 0.3 is 0 Å². The molecule has 0 fully saturated rings. The molecule has 7 nitrogen and oxygen atoms in total. The maximum Gasteiger partial charge on any atom is 0.234 e. The normalized spacial score (nSPS) is 11.0. The lowest BCUT2D eigenvalue weighted by molar-refractivity contribution is -0.113. The monoisotopic (exact) mass is 494 g/mol. The molecule has 1 heterocycles. The SMILES string of the molecule is COc1ccc(OC)c(NC(=O)CSc2nnc(-c3ccc(Cl)cc3Cl)n2CC(C)C)c1. The summed E-state index contributed by atoms with van der Waals surface area (Å²) in [5, 5.41) is 13.2. The third kappa shape index (κ3) is 5.88. The quantitative estimate of drug-likeness (QED) is 0.386. The fourth-order valence-electron chi connectivity index (χ4n) is 3.02. The smallest absolute Gasteiger partial charge is 0.234 e. The van der Waals surface area contributed by atoms with Crippen molar-refractivity contribution in [3.8, 4) is 22.9 Å². The minimum absolute atomic E-state index is 0.144. The number of ether oxygens (including phenoxy) is 2. The van der Waals surface area contributed by atoms with Gasteiger partial charge in [-0.2, -0.15) is 0 Å². The first kappa shape index (κ1) is 24.2. The van der Waals surface area contributed by atoms with E-state index in [4.69, 9.17) is 32.7 Å². The van der Waals surface area contributed by atoms with Gasteiger partial charge in [0.1, 0.15) is 11.5 Å². The molecule has 1 aromatic heterocycles. The molecule has 0 saturated heterocycles. The topological polar surface area (TPSA) is 78.3 Å². The van der Waals surface area contributed by atoms with E-state index < -0.39 is 0 Å². The molecule has 32 heavy (non-hydrogen) atoms. The van der Waals surface area contributed by atoms with Crippen molar-refractivity contribution in [3.05, 3.63) is 46.4 Å². The number of halogens is 2. The van der Waals surface area contributed by atoms with E-state index in [1.165, 1.54) is 11.8 Å². The zero-order chi connectivity index (χ0) is 23.3. The molecule has 10 heteroatoms. The molecule has 2 aromatic carbocycles. The lowest BCUT2D eigenvalue weighted by atomic mass is 10.2. The number of nitrogens with one attached hydrogen (secondary N) is 1. The molecule has 0 atom stereocenters. The molecule has 0 aliphatic rings. The third-order valence-corrected chi connectivity index (χ3v) is 5.96. The Morgan fingerprint density at radius 2 is 1.91 bits per heavy atom. The summed E-state index contributed by atoms with van der Waals surface area (Å²) in [6.45, 7) is 4.88. The summed E-state index contributed by atoms with van der Waals surface area (Å²) in [7, 11) is 3.11. The Morgan fingerprint density at radius 3 is 2.56 bits per heavy atom. The van der Waals surface area contributed by atoms with E-state index in [-0.39, 0.29) is 11.7 Å². The van der Waals surface area contributed by atoms with Crippen molar-refractivity contribution in [1.29, 1.82) is 0 Å². The van der Waals surface area contributed by atoms with Gasteiger partial charge in [-0.1, -0.05) is 48.8 Å². The summed E-state index contributed by atoms with van der Waals surface area (Å²) in [5.74, 6) is 2.08. The second kappa shape index (κ2) is 10.9. The van der Waals surface area contributed by atoms with E-state index in [0.717, 1.165) is 5.56 Å². The summed E-state index contributed by atoms with van der Waals surface area (Å²) in [6.07, 6.45) is 0. The van der Waals surface area contributed by atoms with E-state index >= 15 is 0 Å². The average Bonchev–Trinajstić information content (AvgIpc) is 3.13. The molecule has 1 N–H and O–H groups in total. The second-order valence-electron chi connectivity index (χ2n) is 7.34. The number of aromatic nitrogens is 3. The predicted molar refractivity (Wildman–Crippen MR) is 129 cm³/mol. The highest BCUT2D eigenvalue weighted by atomic mass is 35.5. The number of nitrogens with zero attached hydrogens (tertiary/aromatic N) is 3. The molecule has 170 valence electrons. The van der Waals surface area contributed by atoms with Crippen molar-refractivity contribution < 1.29 is 14.3 Å². The van der Waals surface area contributed by atoms with Crippen LogP contribution in [0.1, 0.15) is 13.8 Å². The number of carbonyl (C=O) groups is 1. The Hall–Kier alpha value is -2.42. The van der Waals surface area contributed by atoms with Gasteiger partial charge in [-0.05, 0) is 36.2 Å². The maximum absolute atomic E-state index is 12.6. The zero-order valence-electron chi connectivity index (χ0n) is 18.2. The molecule has 0 radical (unpaired) electrons. The largest absolute Gasteiger partial charge is 0.497 e. The zero-order valence-corrected chi connectivity index (χ0v) is 20.5. The lowest BCUT2D eigenvalue weighted by Gasteiger charge is -2.14. The van der Waals surface area contributed by atoms with Crippen LogP contribution in [0.5, 0.6) is 11.5 Å². The molecule has 1 amide bonds. The Bertz CT molecular complexity index is 1100. The Labute approximate surface area is 201 Å². The molecule has 3 aromatic rings. The molecule has 0 spiro atoms. The van der Waals surface area contributed by atoms with Gasteiger partial charge < -0.3 is 19.4 Å². The van der Waals surface area contributed by atoms with Crippen LogP contribution in [0, 0.1) is 5.92 Å². The van der Waals surface area contributed by atoms with Crippen LogP contribution >= 0.6 is 35.0 Å². The lowest BCUT2D eigenvalue weighted by Crippen LogP contribution is -2.16. The number of methoxy groups -OCH3 is 2. The standard InChI is InChI=1S/C22H24Cl2N4O3S/c1-13(2)11-28-21(16-7-5-14(23)9-17(16)24)26-27-22(28)32-12-20(29)25-18-10-15(30-3)6-8-19(18)31-4/h5-10,13H,11-12H2,1-4H3,(H,25,29). The molecule has 0 bridgehead atoms. The van der Waals surface area contributed by atoms with Crippen LogP contribution in [0.15, 0.2) is 41.6 Å². The first-order valence-electron chi connectivity index (χ1n) is 9.85. The summed E-state index contributed by atoms with van der Waals surface area (Å²) >= 11 is 13.7. The van der Waals surface area contributed by atoms with Crippen LogP contribution in [0.2, 0.25) is 10.0 Å². The van der Waals surface area contributed by atoms with Crippen molar-refractivity contribution in [3.63, 3.8) is 0 Å². The average molecular weight is 495 g/mol. The van der Waals surface area contributed by atoms with Crippen LogP contribution in [-0.2, 0) is 11.3 Å². The van der Waals surface area contributed by atoms with Gasteiger partial charge in [-0.25, -0.2) is 0 Å². The van der Waals surface area contributed by atoms with Gasteiger partial charge in [0.25, 0.3) is 0 Å². The number of rotatable bonds is 9. The van der Waals surface area contributed by atoms with Gasteiger partial charge in [0, 0.05) is 23.2 Å². The molecule has 0 unspecified atom stereocenters. The molecule has 3 rings (SSSR count). The fraction of sp³-hybridized carbons (Fsp3) is 0.318. The molecular weight excluding hydrogens is 471 g/mol. The van der Waals surface area contributed by atoms with Gasteiger partial charge in [0.2, 0.25) is 5.91 Å². The highest BCUT2D eigenvalue weighted by molar-refractivity contribution is 7.99. The summed E-state index contributed by atoms with van der Waals surface area (Å²) in [4.78, 5) is 12.6. The Balaban J connectivity index is 1.79. The van der Waals surface area contributed by atoms with Crippen molar-refractivity contribution in [1.82, 2.24) is 14.8 Å². The number of amides is 1. The number of hydrogen-bond donors (Lipinski definition) is 1. The highest BCUT2D eigenvalue weighted by Gasteiger charge is 2.19. The van der Waals surface area contributed by atoms with Crippen molar-refractivity contribution in [2.45, 2.75) is 25.5 Å². The summed E-state index contributed by atoms with van der Waals surface area (Å²) in [5.41, 5.74) is 1.27.